The molecule has 0 aliphatic carbocycles. The van der Waals surface area contributed by atoms with Crippen LogP contribution in [0, 0.1) is 0 Å². The Balaban J connectivity index is 1.62. The van der Waals surface area contributed by atoms with Crippen LogP contribution in [0.25, 0.3) is 0 Å². The minimum absolute atomic E-state index is 0.0552. The van der Waals surface area contributed by atoms with Crippen LogP contribution in [0.4, 0.5) is 4.79 Å². The summed E-state index contributed by atoms with van der Waals surface area (Å²) in [4.78, 5) is 19.1. The van der Waals surface area contributed by atoms with Crippen LogP contribution in [0.2, 0.25) is 0 Å². The summed E-state index contributed by atoms with van der Waals surface area (Å²) in [6, 6.07) is 9.61. The lowest BCUT2D eigenvalue weighted by atomic mass is 10.1. The van der Waals surface area contributed by atoms with Crippen LogP contribution in [0.3, 0.4) is 0 Å². The number of morpholine rings is 1. The fourth-order valence-electron chi connectivity index (χ4n) is 3.90. The van der Waals surface area contributed by atoms with Gasteiger partial charge in [0.05, 0.1) is 18.8 Å². The highest BCUT2D eigenvalue weighted by Crippen LogP contribution is 2.21. The molecule has 8 nitrogen and oxygen atoms in total. The van der Waals surface area contributed by atoms with Crippen LogP contribution in [0.1, 0.15) is 45.2 Å². The van der Waals surface area contributed by atoms with Crippen LogP contribution >= 0.6 is 0 Å². The molecule has 2 fully saturated rings. The first kappa shape index (κ1) is 23.3. The van der Waals surface area contributed by atoms with Gasteiger partial charge in [0, 0.05) is 33.3 Å². The Morgan fingerprint density at radius 1 is 1.23 bits per heavy atom. The Bertz CT molecular complexity index is 729. The van der Waals surface area contributed by atoms with E-state index in [0.717, 1.165) is 44.1 Å². The molecule has 3 atom stereocenters. The topological polar surface area (TPSA) is 84.4 Å². The highest BCUT2D eigenvalue weighted by molar-refractivity contribution is 5.80. The molecule has 1 amide bonds. The number of nitrogens with zero attached hydrogens (tertiary/aromatic N) is 2. The summed E-state index contributed by atoms with van der Waals surface area (Å²) >= 11 is 0. The molecule has 0 aromatic heterocycles. The van der Waals surface area contributed by atoms with Gasteiger partial charge in [-0.1, -0.05) is 30.3 Å². The first-order chi connectivity index (χ1) is 14.9. The maximum atomic E-state index is 12.4. The van der Waals surface area contributed by atoms with E-state index in [1.807, 2.05) is 51.1 Å². The normalized spacial score (nSPS) is 23.4. The van der Waals surface area contributed by atoms with E-state index in [-0.39, 0.29) is 18.2 Å². The number of hydrogen-bond donors (Lipinski definition) is 2. The Morgan fingerprint density at radius 3 is 2.61 bits per heavy atom. The summed E-state index contributed by atoms with van der Waals surface area (Å²) in [7, 11) is 1.78. The molecule has 1 aromatic carbocycles. The second kappa shape index (κ2) is 10.8. The third-order valence-corrected chi connectivity index (χ3v) is 5.34. The van der Waals surface area contributed by atoms with Crippen LogP contribution < -0.4 is 10.6 Å². The first-order valence-electron chi connectivity index (χ1n) is 11.1. The molecule has 1 aromatic rings. The van der Waals surface area contributed by atoms with Gasteiger partial charge in [0.15, 0.2) is 5.96 Å². The Morgan fingerprint density at radius 2 is 1.97 bits per heavy atom. The quantitative estimate of drug-likeness (QED) is 0.550. The molecule has 3 unspecified atom stereocenters. The van der Waals surface area contributed by atoms with Crippen molar-refractivity contribution in [3.05, 3.63) is 35.9 Å². The number of nitrogens with one attached hydrogen (secondary N) is 2. The Labute approximate surface area is 185 Å². The van der Waals surface area contributed by atoms with Crippen molar-refractivity contribution in [3.63, 3.8) is 0 Å². The lowest BCUT2D eigenvalue weighted by Crippen LogP contribution is -2.54. The summed E-state index contributed by atoms with van der Waals surface area (Å²) in [5, 5.41) is 6.41. The SMILES string of the molecule is CN=C(NCC(NC(=O)OC(C)(C)C)c1ccccc1)N1CCOC(C2CCCO2)C1. The van der Waals surface area contributed by atoms with Crippen molar-refractivity contribution in [2.24, 2.45) is 4.99 Å². The minimum Gasteiger partial charge on any atom is -0.444 e. The van der Waals surface area contributed by atoms with Gasteiger partial charge in [-0.3, -0.25) is 4.99 Å². The number of amides is 1. The molecule has 2 aliphatic rings. The van der Waals surface area contributed by atoms with Gasteiger partial charge in [0.1, 0.15) is 11.7 Å². The van der Waals surface area contributed by atoms with Crippen molar-refractivity contribution < 1.29 is 19.0 Å². The highest BCUT2D eigenvalue weighted by atomic mass is 16.6. The van der Waals surface area contributed by atoms with Crippen LogP contribution in [0.5, 0.6) is 0 Å². The molecule has 2 heterocycles. The molecule has 2 N–H and O–H groups in total. The number of alkyl carbamates (subject to hydrolysis) is 1. The number of benzene rings is 1. The fraction of sp³-hybridized carbons (Fsp3) is 0.652. The molecule has 31 heavy (non-hydrogen) atoms. The summed E-state index contributed by atoms with van der Waals surface area (Å²) in [5.41, 5.74) is 0.440. The zero-order valence-corrected chi connectivity index (χ0v) is 19.1. The van der Waals surface area contributed by atoms with E-state index in [1.165, 1.54) is 0 Å². The Kier molecular flexibility index (Phi) is 8.15. The van der Waals surface area contributed by atoms with Gasteiger partial charge >= 0.3 is 6.09 Å². The molecular formula is C23H36N4O4. The second-order valence-electron chi connectivity index (χ2n) is 8.94. The molecule has 3 rings (SSSR count). The zero-order chi connectivity index (χ0) is 22.3. The standard InChI is InChI=1S/C23H36N4O4/c1-23(2,3)31-22(28)26-18(17-9-6-5-7-10-17)15-25-21(24-4)27-12-14-30-20(16-27)19-11-8-13-29-19/h5-7,9-10,18-20H,8,11-16H2,1-4H3,(H,24,25)(H,26,28). The van der Waals surface area contributed by atoms with E-state index in [0.29, 0.717) is 13.2 Å². The predicted octanol–water partition coefficient (Wildman–Crippen LogP) is 2.71. The van der Waals surface area contributed by atoms with Gasteiger partial charge in [-0.05, 0) is 39.2 Å². The van der Waals surface area contributed by atoms with Crippen molar-refractivity contribution in [2.45, 2.75) is 57.5 Å². The Hall–Kier alpha value is -2.32. The molecule has 0 spiro atoms. The van der Waals surface area contributed by atoms with Crippen LogP contribution in [-0.4, -0.2) is 74.7 Å². The third kappa shape index (κ3) is 7.11. The van der Waals surface area contributed by atoms with Gasteiger partial charge in [0.2, 0.25) is 0 Å². The predicted molar refractivity (Wildman–Crippen MR) is 120 cm³/mol. The second-order valence-corrected chi connectivity index (χ2v) is 8.94. The van der Waals surface area contributed by atoms with Gasteiger partial charge in [-0.15, -0.1) is 0 Å². The lowest BCUT2D eigenvalue weighted by Gasteiger charge is -2.37. The molecule has 0 radical (unpaired) electrons. The van der Waals surface area contributed by atoms with E-state index in [1.54, 1.807) is 7.05 Å². The summed E-state index contributed by atoms with van der Waals surface area (Å²) in [6.45, 7) is 9.00. The van der Waals surface area contributed by atoms with Crippen molar-refractivity contribution in [2.75, 3.05) is 39.9 Å². The number of hydrogen-bond acceptors (Lipinski definition) is 5. The largest absolute Gasteiger partial charge is 0.444 e. The van der Waals surface area contributed by atoms with Crippen molar-refractivity contribution in [1.82, 2.24) is 15.5 Å². The van der Waals surface area contributed by atoms with Crippen molar-refractivity contribution in [3.8, 4) is 0 Å². The molecule has 8 heteroatoms. The monoisotopic (exact) mass is 432 g/mol. The summed E-state index contributed by atoms with van der Waals surface area (Å²) in [6.07, 6.45) is 1.90. The van der Waals surface area contributed by atoms with E-state index >= 15 is 0 Å². The smallest absolute Gasteiger partial charge is 0.408 e. The van der Waals surface area contributed by atoms with E-state index in [2.05, 4.69) is 20.5 Å². The number of carbonyl (C=O) groups excluding carboxylic acids is 1. The number of carbonyl (C=O) groups is 1. The molecular weight excluding hydrogens is 396 g/mol. The first-order valence-corrected chi connectivity index (χ1v) is 11.1. The summed E-state index contributed by atoms with van der Waals surface area (Å²) in [5.74, 6) is 0.790. The molecule has 0 bridgehead atoms. The average Bonchev–Trinajstić information content (AvgIpc) is 3.28. The van der Waals surface area contributed by atoms with Gasteiger partial charge in [-0.2, -0.15) is 0 Å². The van der Waals surface area contributed by atoms with E-state index < -0.39 is 11.7 Å². The van der Waals surface area contributed by atoms with Gasteiger partial charge in [-0.25, -0.2) is 4.79 Å². The van der Waals surface area contributed by atoms with Crippen molar-refractivity contribution >= 4 is 12.1 Å². The summed E-state index contributed by atoms with van der Waals surface area (Å²) < 4.78 is 17.2. The highest BCUT2D eigenvalue weighted by Gasteiger charge is 2.32. The number of rotatable bonds is 5. The minimum atomic E-state index is -0.556. The number of aliphatic imine (C=N–C) groups is 1. The van der Waals surface area contributed by atoms with Crippen molar-refractivity contribution in [1.29, 1.82) is 0 Å². The fourth-order valence-corrected chi connectivity index (χ4v) is 3.90. The molecule has 2 saturated heterocycles. The number of ether oxygens (including phenoxy) is 3. The molecule has 2 aliphatic heterocycles. The maximum Gasteiger partial charge on any atom is 0.408 e. The van der Waals surface area contributed by atoms with E-state index in [9.17, 15) is 4.79 Å². The molecule has 0 saturated carbocycles. The average molecular weight is 433 g/mol. The van der Waals surface area contributed by atoms with Crippen LogP contribution in [0.15, 0.2) is 35.3 Å². The maximum absolute atomic E-state index is 12.4. The number of guanidine groups is 1. The van der Waals surface area contributed by atoms with Crippen LogP contribution in [-0.2, 0) is 14.2 Å². The van der Waals surface area contributed by atoms with Gasteiger partial charge in [0.25, 0.3) is 0 Å². The van der Waals surface area contributed by atoms with Gasteiger partial charge < -0.3 is 29.7 Å². The third-order valence-electron chi connectivity index (χ3n) is 5.34. The van der Waals surface area contributed by atoms with E-state index in [4.69, 9.17) is 14.2 Å². The lowest BCUT2D eigenvalue weighted by molar-refractivity contribution is -0.0817. The zero-order valence-electron chi connectivity index (χ0n) is 19.1. The molecule has 172 valence electrons.